The second-order valence-electron chi connectivity index (χ2n) is 6.29. The van der Waals surface area contributed by atoms with Crippen LogP contribution in [0, 0.1) is 0 Å². The maximum Gasteiger partial charge on any atom is 0.197 e. The Morgan fingerprint density at radius 1 is 1.00 bits per heavy atom. The van der Waals surface area contributed by atoms with Crippen LogP contribution in [0.25, 0.3) is 11.0 Å². The lowest BCUT2D eigenvalue weighted by Crippen LogP contribution is -2.01. The third-order valence-corrected chi connectivity index (χ3v) is 4.91. The number of rotatable bonds is 6. The number of fused-ring (bicyclic) bond motifs is 1. The Bertz CT molecular complexity index is 1150. The Labute approximate surface area is 170 Å². The van der Waals surface area contributed by atoms with E-state index in [1.54, 1.807) is 31.4 Å². The number of halogens is 1. The third kappa shape index (κ3) is 3.80. The van der Waals surface area contributed by atoms with Crippen LogP contribution in [0.2, 0.25) is 0 Å². The molecular weight excluding hydrogens is 420 g/mol. The molecule has 0 radical (unpaired) electrons. The molecule has 0 saturated heterocycles. The molecule has 0 saturated carbocycles. The minimum atomic E-state index is -0.123. The molecular formula is C23H17BrO4. The minimum absolute atomic E-state index is 0.123. The van der Waals surface area contributed by atoms with Crippen molar-refractivity contribution in [3.05, 3.63) is 94.2 Å². The van der Waals surface area contributed by atoms with E-state index in [0.717, 1.165) is 15.4 Å². The van der Waals surface area contributed by atoms with Crippen LogP contribution in [0.5, 0.6) is 11.5 Å². The summed E-state index contributed by atoms with van der Waals surface area (Å²) in [5.74, 6) is 1.19. The van der Waals surface area contributed by atoms with Crippen molar-refractivity contribution in [2.45, 2.75) is 6.61 Å². The van der Waals surface area contributed by atoms with Gasteiger partial charge in [0, 0.05) is 15.4 Å². The van der Waals surface area contributed by atoms with E-state index < -0.39 is 0 Å². The molecule has 0 fully saturated rings. The SMILES string of the molecule is COc1cccc(C(=O)c2coc3ccc(OCc4cccc(Br)c4)cc23)c1. The molecule has 0 spiro atoms. The number of hydrogen-bond acceptors (Lipinski definition) is 4. The topological polar surface area (TPSA) is 48.7 Å². The molecule has 140 valence electrons. The summed E-state index contributed by atoms with van der Waals surface area (Å²) >= 11 is 3.46. The second-order valence-corrected chi connectivity index (χ2v) is 7.20. The lowest BCUT2D eigenvalue weighted by Gasteiger charge is -2.07. The van der Waals surface area contributed by atoms with Crippen LogP contribution >= 0.6 is 15.9 Å². The van der Waals surface area contributed by atoms with Crippen molar-refractivity contribution in [3.8, 4) is 11.5 Å². The summed E-state index contributed by atoms with van der Waals surface area (Å²) in [5, 5.41) is 0.722. The molecule has 0 N–H and O–H groups in total. The third-order valence-electron chi connectivity index (χ3n) is 4.42. The van der Waals surface area contributed by atoms with Gasteiger partial charge in [0.05, 0.1) is 12.7 Å². The van der Waals surface area contributed by atoms with E-state index >= 15 is 0 Å². The highest BCUT2D eigenvalue weighted by molar-refractivity contribution is 9.10. The predicted octanol–water partition coefficient (Wildman–Crippen LogP) is 6.01. The molecule has 4 aromatic rings. The molecule has 0 amide bonds. The van der Waals surface area contributed by atoms with E-state index in [9.17, 15) is 4.79 Å². The number of carbonyl (C=O) groups excluding carboxylic acids is 1. The van der Waals surface area contributed by atoms with Gasteiger partial charge in [-0.05, 0) is 48.0 Å². The monoisotopic (exact) mass is 436 g/mol. The molecule has 0 aliphatic heterocycles. The first-order valence-corrected chi connectivity index (χ1v) is 9.50. The molecule has 4 rings (SSSR count). The molecule has 1 heterocycles. The van der Waals surface area contributed by atoms with Crippen LogP contribution in [0.1, 0.15) is 21.5 Å². The molecule has 5 heteroatoms. The highest BCUT2D eigenvalue weighted by Gasteiger charge is 2.17. The Balaban J connectivity index is 1.61. The van der Waals surface area contributed by atoms with Crippen LogP contribution in [-0.2, 0) is 6.61 Å². The molecule has 0 bridgehead atoms. The molecule has 4 nitrogen and oxygen atoms in total. The van der Waals surface area contributed by atoms with Crippen LogP contribution in [-0.4, -0.2) is 12.9 Å². The van der Waals surface area contributed by atoms with Gasteiger partial charge in [0.15, 0.2) is 5.78 Å². The van der Waals surface area contributed by atoms with Crippen molar-refractivity contribution in [1.82, 2.24) is 0 Å². The normalized spacial score (nSPS) is 10.8. The maximum atomic E-state index is 13.0. The van der Waals surface area contributed by atoms with E-state index in [1.807, 2.05) is 42.5 Å². The van der Waals surface area contributed by atoms with E-state index in [0.29, 0.717) is 34.8 Å². The average Bonchev–Trinajstić information content (AvgIpc) is 3.15. The molecule has 0 aliphatic rings. The first-order chi connectivity index (χ1) is 13.6. The number of methoxy groups -OCH3 is 1. The molecule has 28 heavy (non-hydrogen) atoms. The van der Waals surface area contributed by atoms with Gasteiger partial charge in [-0.25, -0.2) is 0 Å². The molecule has 1 aromatic heterocycles. The summed E-state index contributed by atoms with van der Waals surface area (Å²) in [6, 6.07) is 20.5. The van der Waals surface area contributed by atoms with Gasteiger partial charge in [-0.3, -0.25) is 4.79 Å². The lowest BCUT2D eigenvalue weighted by atomic mass is 10.0. The first kappa shape index (κ1) is 18.3. The summed E-state index contributed by atoms with van der Waals surface area (Å²) in [6.45, 7) is 0.433. The predicted molar refractivity (Wildman–Crippen MR) is 111 cm³/mol. The lowest BCUT2D eigenvalue weighted by molar-refractivity contribution is 0.103. The Morgan fingerprint density at radius 3 is 2.68 bits per heavy atom. The van der Waals surface area contributed by atoms with Gasteiger partial charge in [0.2, 0.25) is 0 Å². The number of ether oxygens (including phenoxy) is 2. The summed E-state index contributed by atoms with van der Waals surface area (Å²) in [4.78, 5) is 13.0. The van der Waals surface area contributed by atoms with Crippen molar-refractivity contribution < 1.29 is 18.7 Å². The summed E-state index contributed by atoms with van der Waals surface area (Å²) in [6.07, 6.45) is 1.49. The number of ketones is 1. The zero-order chi connectivity index (χ0) is 19.5. The molecule has 3 aromatic carbocycles. The first-order valence-electron chi connectivity index (χ1n) is 8.71. The number of furan rings is 1. The quantitative estimate of drug-likeness (QED) is 0.347. The smallest absolute Gasteiger partial charge is 0.197 e. The number of carbonyl (C=O) groups is 1. The summed E-state index contributed by atoms with van der Waals surface area (Å²) in [7, 11) is 1.58. The van der Waals surface area contributed by atoms with Crippen molar-refractivity contribution in [2.75, 3.05) is 7.11 Å². The molecule has 0 aliphatic carbocycles. The summed E-state index contributed by atoms with van der Waals surface area (Å²) < 4.78 is 17.7. The largest absolute Gasteiger partial charge is 0.497 e. The zero-order valence-corrected chi connectivity index (χ0v) is 16.7. The minimum Gasteiger partial charge on any atom is -0.497 e. The number of benzene rings is 3. The highest BCUT2D eigenvalue weighted by Crippen LogP contribution is 2.29. The van der Waals surface area contributed by atoms with Gasteiger partial charge in [-0.1, -0.05) is 40.2 Å². The average molecular weight is 437 g/mol. The number of hydrogen-bond donors (Lipinski definition) is 0. The Hall–Kier alpha value is -3.05. The van der Waals surface area contributed by atoms with Gasteiger partial charge in [-0.2, -0.15) is 0 Å². The zero-order valence-electron chi connectivity index (χ0n) is 15.1. The van der Waals surface area contributed by atoms with Crippen molar-refractivity contribution in [1.29, 1.82) is 0 Å². The van der Waals surface area contributed by atoms with Crippen LogP contribution < -0.4 is 9.47 Å². The fraction of sp³-hybridized carbons (Fsp3) is 0.0870. The van der Waals surface area contributed by atoms with E-state index in [2.05, 4.69) is 15.9 Å². The van der Waals surface area contributed by atoms with Crippen molar-refractivity contribution in [2.24, 2.45) is 0 Å². The van der Waals surface area contributed by atoms with Crippen molar-refractivity contribution >= 4 is 32.7 Å². The molecule has 0 unspecified atom stereocenters. The van der Waals surface area contributed by atoms with Gasteiger partial charge < -0.3 is 13.9 Å². The Kier molecular flexibility index (Phi) is 5.17. The maximum absolute atomic E-state index is 13.0. The van der Waals surface area contributed by atoms with Crippen LogP contribution in [0.4, 0.5) is 0 Å². The highest BCUT2D eigenvalue weighted by atomic mass is 79.9. The second kappa shape index (κ2) is 7.90. The van der Waals surface area contributed by atoms with Crippen LogP contribution in [0.15, 0.2) is 81.9 Å². The Morgan fingerprint density at radius 2 is 1.86 bits per heavy atom. The van der Waals surface area contributed by atoms with E-state index in [-0.39, 0.29) is 5.78 Å². The van der Waals surface area contributed by atoms with Gasteiger partial charge in [0.25, 0.3) is 0 Å². The van der Waals surface area contributed by atoms with Gasteiger partial charge in [-0.15, -0.1) is 0 Å². The van der Waals surface area contributed by atoms with Gasteiger partial charge in [0.1, 0.15) is 30.0 Å². The summed E-state index contributed by atoms with van der Waals surface area (Å²) in [5.41, 5.74) is 2.73. The fourth-order valence-corrected chi connectivity index (χ4v) is 3.43. The van der Waals surface area contributed by atoms with Crippen LogP contribution in [0.3, 0.4) is 0 Å². The van der Waals surface area contributed by atoms with E-state index in [4.69, 9.17) is 13.9 Å². The standard InChI is InChI=1S/C23H17BrO4/c1-26-18-7-3-5-16(11-18)23(25)21-14-28-22-9-8-19(12-20(21)22)27-13-15-4-2-6-17(24)10-15/h2-12,14H,13H2,1H3. The van der Waals surface area contributed by atoms with E-state index in [1.165, 1.54) is 6.26 Å². The fourth-order valence-electron chi connectivity index (χ4n) is 2.99. The molecule has 0 atom stereocenters. The van der Waals surface area contributed by atoms with Gasteiger partial charge >= 0.3 is 0 Å². The van der Waals surface area contributed by atoms with Crippen molar-refractivity contribution in [3.63, 3.8) is 0 Å².